The molecule has 1 atom stereocenters. The predicted molar refractivity (Wildman–Crippen MR) is 84.8 cm³/mol. The third kappa shape index (κ3) is 3.70. The fourth-order valence-electron chi connectivity index (χ4n) is 2.64. The van der Waals surface area contributed by atoms with Crippen molar-refractivity contribution in [2.75, 3.05) is 25.7 Å². The second-order valence-corrected chi connectivity index (χ2v) is 7.94. The van der Waals surface area contributed by atoms with Gasteiger partial charge in [-0.3, -0.25) is 4.90 Å². The largest absolute Gasteiger partial charge is 0.497 e. The van der Waals surface area contributed by atoms with Gasteiger partial charge >= 0.3 is 0 Å². The number of rotatable bonds is 5. The van der Waals surface area contributed by atoms with E-state index >= 15 is 0 Å². The molecule has 0 spiro atoms. The summed E-state index contributed by atoms with van der Waals surface area (Å²) in [6.07, 6.45) is 0.651. The van der Waals surface area contributed by atoms with Crippen LogP contribution in [0, 0.1) is 0 Å². The van der Waals surface area contributed by atoms with Crippen molar-refractivity contribution in [1.29, 1.82) is 0 Å². The van der Waals surface area contributed by atoms with E-state index in [0.717, 1.165) is 11.3 Å². The lowest BCUT2D eigenvalue weighted by molar-refractivity contribution is 0.218. The maximum atomic E-state index is 11.6. The Morgan fingerprint density at radius 3 is 2.70 bits per heavy atom. The molecule has 23 heavy (non-hydrogen) atoms. The first-order valence-electron chi connectivity index (χ1n) is 7.34. The molecule has 8 heteroatoms. The Morgan fingerprint density at radius 2 is 2.09 bits per heavy atom. The quantitative estimate of drug-likeness (QED) is 0.814. The van der Waals surface area contributed by atoms with Gasteiger partial charge in [0.1, 0.15) is 5.75 Å². The SMILES string of the molecule is COc1ccc(-c2noc(CN(C)C3CCS(=O)(=O)C3)n2)cc1. The van der Waals surface area contributed by atoms with Gasteiger partial charge in [-0.25, -0.2) is 8.42 Å². The first kappa shape index (κ1) is 15.9. The van der Waals surface area contributed by atoms with Crippen molar-refractivity contribution in [2.45, 2.75) is 19.0 Å². The highest BCUT2D eigenvalue weighted by Crippen LogP contribution is 2.21. The van der Waals surface area contributed by atoms with Crippen LogP contribution < -0.4 is 4.74 Å². The van der Waals surface area contributed by atoms with Crippen LogP contribution in [0.1, 0.15) is 12.3 Å². The predicted octanol–water partition coefficient (Wildman–Crippen LogP) is 1.36. The monoisotopic (exact) mass is 337 g/mol. The van der Waals surface area contributed by atoms with Crippen LogP contribution in [0.4, 0.5) is 0 Å². The van der Waals surface area contributed by atoms with E-state index in [1.807, 2.05) is 36.2 Å². The minimum absolute atomic E-state index is 0.0105. The molecule has 1 fully saturated rings. The van der Waals surface area contributed by atoms with E-state index in [1.54, 1.807) is 7.11 Å². The van der Waals surface area contributed by atoms with Gasteiger partial charge in [0.2, 0.25) is 11.7 Å². The Kier molecular flexibility index (Phi) is 4.36. The van der Waals surface area contributed by atoms with Crippen molar-refractivity contribution >= 4 is 9.84 Å². The average Bonchev–Trinajstić information content (AvgIpc) is 3.14. The Bertz CT molecular complexity index is 770. The molecule has 1 aromatic carbocycles. The van der Waals surface area contributed by atoms with Crippen LogP contribution in [0.2, 0.25) is 0 Å². The van der Waals surface area contributed by atoms with E-state index in [1.165, 1.54) is 0 Å². The second-order valence-electron chi connectivity index (χ2n) is 5.71. The third-order valence-electron chi connectivity index (χ3n) is 4.03. The van der Waals surface area contributed by atoms with Gasteiger partial charge in [0.05, 0.1) is 25.2 Å². The summed E-state index contributed by atoms with van der Waals surface area (Å²) in [7, 11) is 0.592. The molecule has 0 N–H and O–H groups in total. The van der Waals surface area contributed by atoms with E-state index in [9.17, 15) is 8.42 Å². The van der Waals surface area contributed by atoms with Crippen LogP contribution in [0.3, 0.4) is 0 Å². The van der Waals surface area contributed by atoms with Crippen molar-refractivity contribution < 1.29 is 17.7 Å². The molecule has 0 aliphatic carbocycles. The molecule has 0 radical (unpaired) electrons. The van der Waals surface area contributed by atoms with Crippen LogP contribution in [0.25, 0.3) is 11.4 Å². The summed E-state index contributed by atoms with van der Waals surface area (Å²) < 4.78 is 33.5. The van der Waals surface area contributed by atoms with Gasteiger partial charge in [0, 0.05) is 11.6 Å². The maximum Gasteiger partial charge on any atom is 0.241 e. The molecule has 2 aromatic rings. The van der Waals surface area contributed by atoms with Crippen LogP contribution in [-0.4, -0.2) is 55.2 Å². The molecule has 2 heterocycles. The number of hydrogen-bond donors (Lipinski definition) is 0. The molecule has 7 nitrogen and oxygen atoms in total. The molecular formula is C15H19N3O4S. The van der Waals surface area contributed by atoms with Crippen LogP contribution in [-0.2, 0) is 16.4 Å². The number of benzene rings is 1. The van der Waals surface area contributed by atoms with Gasteiger partial charge in [-0.05, 0) is 37.7 Å². The topological polar surface area (TPSA) is 85.5 Å². The molecule has 1 aliphatic heterocycles. The normalized spacial score (nSPS) is 20.0. The first-order valence-corrected chi connectivity index (χ1v) is 9.16. The highest BCUT2D eigenvalue weighted by atomic mass is 32.2. The van der Waals surface area contributed by atoms with Crippen LogP contribution in [0.15, 0.2) is 28.8 Å². The molecule has 1 aromatic heterocycles. The molecule has 0 saturated carbocycles. The van der Waals surface area contributed by atoms with E-state index < -0.39 is 9.84 Å². The van der Waals surface area contributed by atoms with E-state index in [2.05, 4.69) is 10.1 Å². The van der Waals surface area contributed by atoms with Gasteiger partial charge in [0.25, 0.3) is 0 Å². The minimum atomic E-state index is -2.90. The number of sulfone groups is 1. The van der Waals surface area contributed by atoms with Crippen molar-refractivity contribution in [1.82, 2.24) is 15.0 Å². The third-order valence-corrected chi connectivity index (χ3v) is 5.78. The van der Waals surface area contributed by atoms with E-state index in [0.29, 0.717) is 24.7 Å². The molecule has 0 amide bonds. The van der Waals surface area contributed by atoms with Gasteiger partial charge in [-0.2, -0.15) is 4.98 Å². The highest BCUT2D eigenvalue weighted by Gasteiger charge is 2.31. The molecular weight excluding hydrogens is 318 g/mol. The summed E-state index contributed by atoms with van der Waals surface area (Å²) in [5.41, 5.74) is 0.840. The number of hydrogen-bond acceptors (Lipinski definition) is 7. The summed E-state index contributed by atoms with van der Waals surface area (Å²) in [6, 6.07) is 7.40. The number of nitrogens with zero attached hydrogens (tertiary/aromatic N) is 3. The zero-order chi connectivity index (χ0) is 16.4. The molecule has 1 unspecified atom stereocenters. The lowest BCUT2D eigenvalue weighted by Crippen LogP contribution is -2.32. The molecule has 1 saturated heterocycles. The number of aromatic nitrogens is 2. The first-order chi connectivity index (χ1) is 11.0. The average molecular weight is 337 g/mol. The Hall–Kier alpha value is -1.93. The summed E-state index contributed by atoms with van der Waals surface area (Å²) in [5, 5.41) is 3.98. The van der Waals surface area contributed by atoms with Crippen molar-refractivity contribution in [3.05, 3.63) is 30.2 Å². The summed E-state index contributed by atoms with van der Waals surface area (Å²) in [5.74, 6) is 2.20. The molecule has 1 aliphatic rings. The van der Waals surface area contributed by atoms with Crippen molar-refractivity contribution in [3.8, 4) is 17.1 Å². The van der Waals surface area contributed by atoms with E-state index in [-0.39, 0.29) is 17.5 Å². The summed E-state index contributed by atoms with van der Waals surface area (Å²) in [6.45, 7) is 0.434. The minimum Gasteiger partial charge on any atom is -0.497 e. The number of methoxy groups -OCH3 is 1. The van der Waals surface area contributed by atoms with Crippen LogP contribution >= 0.6 is 0 Å². The Morgan fingerprint density at radius 1 is 1.35 bits per heavy atom. The maximum absolute atomic E-state index is 11.6. The fraction of sp³-hybridized carbons (Fsp3) is 0.467. The van der Waals surface area contributed by atoms with Gasteiger partial charge < -0.3 is 9.26 Å². The standard InChI is InChI=1S/C15H19N3O4S/c1-18(12-7-8-23(19,20)10-12)9-14-16-15(17-22-14)11-3-5-13(21-2)6-4-11/h3-6,12H,7-10H2,1-2H3. The zero-order valence-corrected chi connectivity index (χ0v) is 13.9. The Labute approximate surface area is 135 Å². The van der Waals surface area contributed by atoms with Gasteiger partial charge in [-0.15, -0.1) is 0 Å². The number of ether oxygens (including phenoxy) is 1. The van der Waals surface area contributed by atoms with Crippen molar-refractivity contribution in [3.63, 3.8) is 0 Å². The zero-order valence-electron chi connectivity index (χ0n) is 13.1. The van der Waals surface area contributed by atoms with Crippen molar-refractivity contribution in [2.24, 2.45) is 0 Å². The summed E-state index contributed by atoms with van der Waals surface area (Å²) in [4.78, 5) is 6.33. The molecule has 0 bridgehead atoms. The smallest absolute Gasteiger partial charge is 0.241 e. The second kappa shape index (κ2) is 6.29. The highest BCUT2D eigenvalue weighted by molar-refractivity contribution is 7.91. The lowest BCUT2D eigenvalue weighted by atomic mass is 10.2. The Balaban J connectivity index is 1.67. The fourth-order valence-corrected chi connectivity index (χ4v) is 4.45. The molecule has 3 rings (SSSR count). The lowest BCUT2D eigenvalue weighted by Gasteiger charge is -2.20. The molecule has 124 valence electrons. The van der Waals surface area contributed by atoms with Gasteiger partial charge in [0.15, 0.2) is 9.84 Å². The van der Waals surface area contributed by atoms with E-state index in [4.69, 9.17) is 9.26 Å². The summed E-state index contributed by atoms with van der Waals surface area (Å²) >= 11 is 0. The van der Waals surface area contributed by atoms with Crippen LogP contribution in [0.5, 0.6) is 5.75 Å². The van der Waals surface area contributed by atoms with Gasteiger partial charge in [-0.1, -0.05) is 5.16 Å².